The number of anilines is 1. The molecule has 1 aromatic carbocycles. The number of rotatable bonds is 10. The first kappa shape index (κ1) is 22.0. The van der Waals surface area contributed by atoms with Gasteiger partial charge in [-0.1, -0.05) is 0 Å². The van der Waals surface area contributed by atoms with Gasteiger partial charge in [0, 0.05) is 19.2 Å². The van der Waals surface area contributed by atoms with Crippen LogP contribution in [0, 0.1) is 0 Å². The van der Waals surface area contributed by atoms with Crippen molar-refractivity contribution in [1.29, 1.82) is 0 Å². The fourth-order valence-electron chi connectivity index (χ4n) is 3.08. The van der Waals surface area contributed by atoms with Crippen LogP contribution in [0.1, 0.15) is 32.5 Å². The van der Waals surface area contributed by atoms with Gasteiger partial charge in [-0.2, -0.15) is 15.0 Å². The van der Waals surface area contributed by atoms with Crippen molar-refractivity contribution in [2.45, 2.75) is 38.1 Å². The fourth-order valence-corrected chi connectivity index (χ4v) is 4.22. The van der Waals surface area contributed by atoms with Gasteiger partial charge in [-0.05, 0) is 38.8 Å². The third kappa shape index (κ3) is 5.28. The fraction of sp³-hybridized carbons (Fsp3) is 0.526. The number of ether oxygens (including phenoxy) is 3. The predicted molar refractivity (Wildman–Crippen MR) is 111 cm³/mol. The summed E-state index contributed by atoms with van der Waals surface area (Å²) >= 11 is 0. The standard InChI is InChI=1S/C19H27N5O5S/c1-4-28-14-8-9-15(29-5-2)16(12-14)30(25,26)20-13-17-21-18(23-19(22-17)27-3)24-10-6-7-11-24/h8-9,12,20H,4-7,10-11,13H2,1-3H3. The van der Waals surface area contributed by atoms with Crippen molar-refractivity contribution in [2.24, 2.45) is 0 Å². The van der Waals surface area contributed by atoms with Crippen LogP contribution in [0.2, 0.25) is 0 Å². The first-order valence-electron chi connectivity index (χ1n) is 9.90. The summed E-state index contributed by atoms with van der Waals surface area (Å²) in [6, 6.07) is 4.85. The highest BCUT2D eigenvalue weighted by Crippen LogP contribution is 2.29. The Kier molecular flexibility index (Phi) is 7.27. The van der Waals surface area contributed by atoms with Crippen LogP contribution in [0.5, 0.6) is 17.5 Å². The maximum Gasteiger partial charge on any atom is 0.321 e. The quantitative estimate of drug-likeness (QED) is 0.593. The van der Waals surface area contributed by atoms with Crippen molar-refractivity contribution >= 4 is 16.0 Å². The number of hydrogen-bond donors (Lipinski definition) is 1. The van der Waals surface area contributed by atoms with Crippen LogP contribution < -0.4 is 23.8 Å². The summed E-state index contributed by atoms with van der Waals surface area (Å²) < 4.78 is 44.6. The molecule has 0 bridgehead atoms. The summed E-state index contributed by atoms with van der Waals surface area (Å²) in [4.78, 5) is 14.9. The molecule has 0 radical (unpaired) electrons. The van der Waals surface area contributed by atoms with Gasteiger partial charge in [0.05, 0.1) is 26.9 Å². The van der Waals surface area contributed by atoms with Gasteiger partial charge in [0.25, 0.3) is 0 Å². The molecule has 0 amide bonds. The summed E-state index contributed by atoms with van der Waals surface area (Å²) in [5, 5.41) is 0. The molecule has 1 aliphatic heterocycles. The van der Waals surface area contributed by atoms with Crippen LogP contribution in [-0.2, 0) is 16.6 Å². The summed E-state index contributed by atoms with van der Waals surface area (Å²) in [6.45, 7) is 5.95. The molecule has 0 unspecified atom stereocenters. The maximum atomic E-state index is 13.0. The van der Waals surface area contributed by atoms with E-state index in [0.717, 1.165) is 25.9 Å². The van der Waals surface area contributed by atoms with Crippen molar-refractivity contribution in [1.82, 2.24) is 19.7 Å². The molecule has 1 saturated heterocycles. The monoisotopic (exact) mass is 437 g/mol. The van der Waals surface area contributed by atoms with Gasteiger partial charge in [0.1, 0.15) is 16.4 Å². The molecule has 3 rings (SSSR count). The molecule has 1 aromatic heterocycles. The van der Waals surface area contributed by atoms with E-state index in [4.69, 9.17) is 14.2 Å². The van der Waals surface area contributed by atoms with E-state index in [1.165, 1.54) is 13.2 Å². The van der Waals surface area contributed by atoms with Gasteiger partial charge in [0.15, 0.2) is 5.82 Å². The number of benzene rings is 1. The molecule has 1 N–H and O–H groups in total. The number of sulfonamides is 1. The van der Waals surface area contributed by atoms with Gasteiger partial charge < -0.3 is 19.1 Å². The number of nitrogens with zero attached hydrogens (tertiary/aromatic N) is 4. The lowest BCUT2D eigenvalue weighted by molar-refractivity contribution is 0.322. The molecule has 0 atom stereocenters. The van der Waals surface area contributed by atoms with E-state index in [2.05, 4.69) is 19.7 Å². The van der Waals surface area contributed by atoms with E-state index in [1.807, 2.05) is 11.8 Å². The zero-order chi connectivity index (χ0) is 21.6. The minimum Gasteiger partial charge on any atom is -0.494 e. The van der Waals surface area contributed by atoms with E-state index in [0.29, 0.717) is 24.9 Å². The Hall–Kier alpha value is -2.66. The Balaban J connectivity index is 1.84. The van der Waals surface area contributed by atoms with Crippen molar-refractivity contribution in [2.75, 3.05) is 38.3 Å². The summed E-state index contributed by atoms with van der Waals surface area (Å²) in [5.41, 5.74) is 0. The highest BCUT2D eigenvalue weighted by Gasteiger charge is 2.23. The summed E-state index contributed by atoms with van der Waals surface area (Å²) in [5.74, 6) is 1.45. The zero-order valence-electron chi connectivity index (χ0n) is 17.4. The molecular weight excluding hydrogens is 410 g/mol. The van der Waals surface area contributed by atoms with Crippen molar-refractivity contribution in [3.8, 4) is 17.5 Å². The van der Waals surface area contributed by atoms with E-state index < -0.39 is 10.0 Å². The molecule has 2 heterocycles. The lowest BCUT2D eigenvalue weighted by Gasteiger charge is -2.16. The lowest BCUT2D eigenvalue weighted by atomic mass is 10.3. The molecular formula is C19H27N5O5S. The third-order valence-electron chi connectivity index (χ3n) is 4.46. The van der Waals surface area contributed by atoms with Gasteiger partial charge in [-0.25, -0.2) is 13.1 Å². The molecule has 1 aliphatic rings. The number of aromatic nitrogens is 3. The Morgan fingerprint density at radius 1 is 1.07 bits per heavy atom. The van der Waals surface area contributed by atoms with Crippen LogP contribution in [0.4, 0.5) is 5.95 Å². The molecule has 2 aromatic rings. The largest absolute Gasteiger partial charge is 0.494 e. The second-order valence-corrected chi connectivity index (χ2v) is 8.27. The Morgan fingerprint density at radius 3 is 2.47 bits per heavy atom. The average Bonchev–Trinajstić information content (AvgIpc) is 3.28. The summed E-state index contributed by atoms with van der Waals surface area (Å²) in [6.07, 6.45) is 2.12. The van der Waals surface area contributed by atoms with Crippen molar-refractivity contribution in [3.05, 3.63) is 24.0 Å². The second-order valence-electron chi connectivity index (χ2n) is 6.53. The topological polar surface area (TPSA) is 116 Å². The van der Waals surface area contributed by atoms with Crippen molar-refractivity contribution < 1.29 is 22.6 Å². The third-order valence-corrected chi connectivity index (χ3v) is 5.88. The lowest BCUT2D eigenvalue weighted by Crippen LogP contribution is -2.27. The molecule has 30 heavy (non-hydrogen) atoms. The first-order valence-corrected chi connectivity index (χ1v) is 11.4. The predicted octanol–water partition coefficient (Wildman–Crippen LogP) is 1.76. The van der Waals surface area contributed by atoms with E-state index in [-0.39, 0.29) is 29.0 Å². The van der Waals surface area contributed by atoms with Crippen LogP contribution in [-0.4, -0.2) is 56.8 Å². The molecule has 1 fully saturated rings. The van der Waals surface area contributed by atoms with Crippen LogP contribution >= 0.6 is 0 Å². The zero-order valence-corrected chi connectivity index (χ0v) is 18.2. The normalized spacial score (nSPS) is 14.0. The van der Waals surface area contributed by atoms with Gasteiger partial charge in [0.2, 0.25) is 16.0 Å². The molecule has 0 saturated carbocycles. The van der Waals surface area contributed by atoms with Crippen LogP contribution in [0.3, 0.4) is 0 Å². The summed E-state index contributed by atoms with van der Waals surface area (Å²) in [7, 11) is -2.45. The molecule has 0 aliphatic carbocycles. The minimum atomic E-state index is -3.91. The molecule has 0 spiro atoms. The highest BCUT2D eigenvalue weighted by atomic mass is 32.2. The average molecular weight is 438 g/mol. The van der Waals surface area contributed by atoms with Crippen LogP contribution in [0.15, 0.2) is 23.1 Å². The second kappa shape index (κ2) is 9.90. The Labute approximate surface area is 176 Å². The number of methoxy groups -OCH3 is 1. The van der Waals surface area contributed by atoms with Crippen molar-refractivity contribution in [3.63, 3.8) is 0 Å². The minimum absolute atomic E-state index is 0.00362. The molecule has 164 valence electrons. The Bertz CT molecular complexity index is 964. The first-order chi connectivity index (χ1) is 14.5. The molecule has 11 heteroatoms. The van der Waals surface area contributed by atoms with Gasteiger partial charge in [-0.15, -0.1) is 0 Å². The SMILES string of the molecule is CCOc1ccc(OCC)c(S(=O)(=O)NCc2nc(OC)nc(N3CCCC3)n2)c1. The van der Waals surface area contributed by atoms with Crippen LogP contribution in [0.25, 0.3) is 0 Å². The maximum absolute atomic E-state index is 13.0. The molecule has 10 nitrogen and oxygen atoms in total. The van der Waals surface area contributed by atoms with Gasteiger partial charge >= 0.3 is 6.01 Å². The number of nitrogens with one attached hydrogen (secondary N) is 1. The van der Waals surface area contributed by atoms with Gasteiger partial charge in [-0.3, -0.25) is 0 Å². The highest BCUT2D eigenvalue weighted by molar-refractivity contribution is 7.89. The Morgan fingerprint density at radius 2 is 1.80 bits per heavy atom. The smallest absolute Gasteiger partial charge is 0.321 e. The van der Waals surface area contributed by atoms with E-state index in [9.17, 15) is 8.42 Å². The van der Waals surface area contributed by atoms with E-state index >= 15 is 0 Å². The number of hydrogen-bond acceptors (Lipinski definition) is 9. The van der Waals surface area contributed by atoms with E-state index in [1.54, 1.807) is 19.1 Å².